The zero-order chi connectivity index (χ0) is 17.9. The molecule has 1 N–H and O–H groups in total. The van der Waals surface area contributed by atoms with Crippen LogP contribution in [0.1, 0.15) is 63.0 Å². The van der Waals surface area contributed by atoms with E-state index in [1.165, 1.54) is 25.7 Å². The first-order valence-corrected chi connectivity index (χ1v) is 9.27. The molecule has 3 aromatic heterocycles. The summed E-state index contributed by atoms with van der Waals surface area (Å²) in [6, 6.07) is 6.43. The number of hydrogen-bond donors (Lipinski definition) is 1. The second-order valence-electron chi connectivity index (χ2n) is 7.12. The van der Waals surface area contributed by atoms with E-state index in [1.54, 1.807) is 6.20 Å². The van der Waals surface area contributed by atoms with Gasteiger partial charge in [-0.3, -0.25) is 4.68 Å². The van der Waals surface area contributed by atoms with Gasteiger partial charge in [-0.2, -0.15) is 10.1 Å². The molecule has 1 aliphatic carbocycles. The van der Waals surface area contributed by atoms with Gasteiger partial charge in [0, 0.05) is 23.9 Å². The van der Waals surface area contributed by atoms with Gasteiger partial charge in [0.25, 0.3) is 5.89 Å². The Morgan fingerprint density at radius 2 is 2.12 bits per heavy atom. The molecule has 0 radical (unpaired) electrons. The smallest absolute Gasteiger partial charge is 0.258 e. The molecule has 1 saturated carbocycles. The molecule has 0 amide bonds. The largest absolute Gasteiger partial charge is 0.364 e. The van der Waals surface area contributed by atoms with Gasteiger partial charge >= 0.3 is 0 Å². The van der Waals surface area contributed by atoms with Crippen LogP contribution < -0.4 is 5.32 Å². The summed E-state index contributed by atoms with van der Waals surface area (Å²) in [5, 5.41) is 12.0. The molecule has 0 saturated heterocycles. The summed E-state index contributed by atoms with van der Waals surface area (Å²) in [7, 11) is 0. The first-order valence-electron chi connectivity index (χ1n) is 9.27. The van der Waals surface area contributed by atoms with Gasteiger partial charge in [-0.15, -0.1) is 0 Å². The molecular weight excluding hydrogens is 328 g/mol. The van der Waals surface area contributed by atoms with Crippen LogP contribution in [0.3, 0.4) is 0 Å². The van der Waals surface area contributed by atoms with Crippen molar-refractivity contribution in [3.8, 4) is 11.5 Å². The Balaban J connectivity index is 1.42. The van der Waals surface area contributed by atoms with Gasteiger partial charge in [-0.25, -0.2) is 4.98 Å². The number of anilines is 1. The Bertz CT molecular complexity index is 862. The van der Waals surface area contributed by atoms with Gasteiger partial charge in [-0.1, -0.05) is 31.8 Å². The molecule has 0 bridgehead atoms. The summed E-state index contributed by atoms with van der Waals surface area (Å²) >= 11 is 0. The maximum Gasteiger partial charge on any atom is 0.258 e. The van der Waals surface area contributed by atoms with Crippen molar-refractivity contribution in [1.29, 1.82) is 0 Å². The van der Waals surface area contributed by atoms with Crippen LogP contribution in [-0.4, -0.2) is 24.9 Å². The highest BCUT2D eigenvalue weighted by atomic mass is 16.5. The van der Waals surface area contributed by atoms with E-state index in [-0.39, 0.29) is 5.92 Å². The summed E-state index contributed by atoms with van der Waals surface area (Å²) in [5.41, 5.74) is 1.88. The maximum absolute atomic E-state index is 5.36. The standard InChI is InChI=1S/C19H24N6O/c1-13(2)18-22-19(26-24-18)14-7-9-20-17(11-14)21-12-15-8-10-25(23-15)16-5-3-4-6-16/h7-11,13,16H,3-6,12H2,1-2H3,(H,20,21). The van der Waals surface area contributed by atoms with Crippen molar-refractivity contribution in [3.63, 3.8) is 0 Å². The van der Waals surface area contributed by atoms with Gasteiger partial charge in [0.15, 0.2) is 5.82 Å². The van der Waals surface area contributed by atoms with Gasteiger partial charge in [0.1, 0.15) is 5.82 Å². The van der Waals surface area contributed by atoms with Crippen molar-refractivity contribution in [3.05, 3.63) is 42.1 Å². The Hall–Kier alpha value is -2.70. The van der Waals surface area contributed by atoms with Crippen LogP contribution in [0.15, 0.2) is 35.1 Å². The van der Waals surface area contributed by atoms with E-state index in [2.05, 4.69) is 37.4 Å². The van der Waals surface area contributed by atoms with E-state index in [4.69, 9.17) is 9.62 Å². The second-order valence-corrected chi connectivity index (χ2v) is 7.12. The van der Waals surface area contributed by atoms with Crippen molar-refractivity contribution in [1.82, 2.24) is 24.9 Å². The van der Waals surface area contributed by atoms with Crippen molar-refractivity contribution in [2.24, 2.45) is 0 Å². The topological polar surface area (TPSA) is 81.7 Å². The summed E-state index contributed by atoms with van der Waals surface area (Å²) in [5.74, 6) is 2.23. The quantitative estimate of drug-likeness (QED) is 0.717. The van der Waals surface area contributed by atoms with Crippen molar-refractivity contribution in [2.75, 3.05) is 5.32 Å². The van der Waals surface area contributed by atoms with Crippen LogP contribution in [0.5, 0.6) is 0 Å². The van der Waals surface area contributed by atoms with Crippen LogP contribution in [0.25, 0.3) is 11.5 Å². The molecule has 26 heavy (non-hydrogen) atoms. The first-order chi connectivity index (χ1) is 12.7. The molecule has 7 heteroatoms. The Labute approximate surface area is 152 Å². The molecule has 0 aliphatic heterocycles. The highest BCUT2D eigenvalue weighted by Gasteiger charge is 2.17. The predicted molar refractivity (Wildman–Crippen MR) is 98.7 cm³/mol. The SMILES string of the molecule is CC(C)c1noc(-c2ccnc(NCc3ccn(C4CCCC4)n3)c2)n1. The molecule has 4 rings (SSSR count). The molecule has 0 unspecified atom stereocenters. The Kier molecular flexibility index (Phi) is 4.69. The van der Waals surface area contributed by atoms with Gasteiger partial charge < -0.3 is 9.84 Å². The Morgan fingerprint density at radius 3 is 2.88 bits per heavy atom. The predicted octanol–water partition coefficient (Wildman–Crippen LogP) is 4.18. The molecular formula is C19H24N6O. The highest BCUT2D eigenvalue weighted by Crippen LogP contribution is 2.28. The van der Waals surface area contributed by atoms with E-state index in [0.29, 0.717) is 24.3 Å². The first kappa shape index (κ1) is 16.8. The van der Waals surface area contributed by atoms with Gasteiger partial charge in [0.05, 0.1) is 18.3 Å². The summed E-state index contributed by atoms with van der Waals surface area (Å²) in [6.07, 6.45) is 8.92. The number of nitrogens with one attached hydrogen (secondary N) is 1. The fourth-order valence-electron chi connectivity index (χ4n) is 3.27. The van der Waals surface area contributed by atoms with Gasteiger partial charge in [0.2, 0.25) is 0 Å². The molecule has 7 nitrogen and oxygen atoms in total. The third-order valence-electron chi connectivity index (χ3n) is 4.78. The van der Waals surface area contributed by atoms with Crippen LogP contribution in [-0.2, 0) is 6.54 Å². The van der Waals surface area contributed by atoms with Crippen molar-refractivity contribution in [2.45, 2.75) is 58.0 Å². The fraction of sp³-hybridized carbons (Fsp3) is 0.474. The van der Waals surface area contributed by atoms with E-state index in [9.17, 15) is 0 Å². The van der Waals surface area contributed by atoms with E-state index >= 15 is 0 Å². The van der Waals surface area contributed by atoms with Crippen molar-refractivity contribution < 1.29 is 4.52 Å². The summed E-state index contributed by atoms with van der Waals surface area (Å²) in [4.78, 5) is 8.81. The molecule has 136 valence electrons. The molecule has 1 aliphatic rings. The average molecular weight is 352 g/mol. The zero-order valence-electron chi connectivity index (χ0n) is 15.2. The molecule has 3 aromatic rings. The summed E-state index contributed by atoms with van der Waals surface area (Å²) in [6.45, 7) is 4.72. The molecule has 0 aromatic carbocycles. The molecule has 3 heterocycles. The lowest BCUT2D eigenvalue weighted by Gasteiger charge is -2.09. The van der Waals surface area contributed by atoms with Crippen LogP contribution in [0.2, 0.25) is 0 Å². The minimum atomic E-state index is 0.238. The van der Waals surface area contributed by atoms with Crippen LogP contribution in [0.4, 0.5) is 5.82 Å². The number of nitrogens with zero attached hydrogens (tertiary/aromatic N) is 5. The fourth-order valence-corrected chi connectivity index (χ4v) is 3.27. The van der Waals surface area contributed by atoms with E-state index < -0.39 is 0 Å². The lowest BCUT2D eigenvalue weighted by atomic mass is 10.2. The zero-order valence-corrected chi connectivity index (χ0v) is 15.2. The molecule has 1 fully saturated rings. The van der Waals surface area contributed by atoms with Gasteiger partial charge in [-0.05, 0) is 31.0 Å². The maximum atomic E-state index is 5.36. The number of aromatic nitrogens is 5. The summed E-state index contributed by atoms with van der Waals surface area (Å²) < 4.78 is 7.47. The number of rotatable bonds is 6. The van der Waals surface area contributed by atoms with Crippen LogP contribution in [0, 0.1) is 0 Å². The third kappa shape index (κ3) is 3.61. The second kappa shape index (κ2) is 7.27. The average Bonchev–Trinajstić information content (AvgIpc) is 3.41. The lowest BCUT2D eigenvalue weighted by Crippen LogP contribution is -2.07. The van der Waals surface area contributed by atoms with Crippen molar-refractivity contribution >= 4 is 5.82 Å². The lowest BCUT2D eigenvalue weighted by molar-refractivity contribution is 0.419. The highest BCUT2D eigenvalue weighted by molar-refractivity contribution is 5.57. The minimum Gasteiger partial charge on any atom is -0.364 e. The molecule has 0 atom stereocenters. The van der Waals surface area contributed by atoms with Crippen LogP contribution >= 0.6 is 0 Å². The minimum absolute atomic E-state index is 0.238. The normalized spacial score (nSPS) is 15.0. The van der Waals surface area contributed by atoms with E-state index in [1.807, 2.05) is 26.0 Å². The Morgan fingerprint density at radius 1 is 1.27 bits per heavy atom. The monoisotopic (exact) mass is 352 g/mol. The number of pyridine rings is 1. The number of hydrogen-bond acceptors (Lipinski definition) is 6. The third-order valence-corrected chi connectivity index (χ3v) is 4.78. The van der Waals surface area contributed by atoms with E-state index in [0.717, 1.165) is 17.1 Å². The molecule has 0 spiro atoms.